The lowest BCUT2D eigenvalue weighted by Crippen LogP contribution is -2.49. The molecule has 0 bridgehead atoms. The fourth-order valence-corrected chi connectivity index (χ4v) is 7.29. The van der Waals surface area contributed by atoms with Crippen LogP contribution in [0.15, 0.2) is 82.6 Å². The number of ether oxygens (including phenoxy) is 1. The van der Waals surface area contributed by atoms with E-state index < -0.39 is 26.0 Å². The van der Waals surface area contributed by atoms with E-state index in [1.807, 2.05) is 0 Å². The van der Waals surface area contributed by atoms with Crippen LogP contribution in [0.25, 0.3) is 0 Å². The highest BCUT2D eigenvalue weighted by molar-refractivity contribution is 7.93. The largest absolute Gasteiger partial charge is 0.367 e. The van der Waals surface area contributed by atoms with Crippen LogP contribution in [-0.2, 0) is 24.6 Å². The first-order chi connectivity index (χ1) is 17.6. The zero-order chi connectivity index (χ0) is 26.6. The van der Waals surface area contributed by atoms with E-state index in [0.717, 1.165) is 17.4 Å². The summed E-state index contributed by atoms with van der Waals surface area (Å²) in [6.07, 6.45) is 0.472. The van der Waals surface area contributed by atoms with Crippen LogP contribution in [0.4, 0.5) is 8.78 Å². The van der Waals surface area contributed by atoms with Crippen molar-refractivity contribution in [3.05, 3.63) is 95.6 Å². The molecule has 1 saturated heterocycles. The standard InChI is InChI=1S/C26H28F2N2O5S2/c1-36(31,32)24-4-2-3-5-25(24)37(33,34)30-16-14-29(15-17-30)18-19-35-26(20-6-10-22(27)11-7-20)21-8-12-23(28)13-9-21/h2-13,26H,14-19H2,1H3. The molecule has 37 heavy (non-hydrogen) atoms. The maximum absolute atomic E-state index is 13.4. The van der Waals surface area contributed by atoms with Gasteiger partial charge >= 0.3 is 0 Å². The van der Waals surface area contributed by atoms with Gasteiger partial charge in [0, 0.05) is 39.0 Å². The number of hydrogen-bond donors (Lipinski definition) is 0. The zero-order valence-electron chi connectivity index (χ0n) is 20.3. The van der Waals surface area contributed by atoms with Gasteiger partial charge in [0.15, 0.2) is 9.84 Å². The number of rotatable bonds is 9. The molecule has 0 saturated carbocycles. The average molecular weight is 551 g/mol. The van der Waals surface area contributed by atoms with Crippen molar-refractivity contribution < 1.29 is 30.4 Å². The lowest BCUT2D eigenvalue weighted by molar-refractivity contribution is 0.0526. The second-order valence-electron chi connectivity index (χ2n) is 8.82. The maximum Gasteiger partial charge on any atom is 0.244 e. The summed E-state index contributed by atoms with van der Waals surface area (Å²) in [6, 6.07) is 17.5. The van der Waals surface area contributed by atoms with Crippen LogP contribution in [0.3, 0.4) is 0 Å². The van der Waals surface area contributed by atoms with Crippen molar-refractivity contribution in [2.45, 2.75) is 15.9 Å². The lowest BCUT2D eigenvalue weighted by Gasteiger charge is -2.34. The van der Waals surface area contributed by atoms with Gasteiger partial charge in [-0.2, -0.15) is 4.31 Å². The molecule has 1 aliphatic rings. The fourth-order valence-electron chi connectivity index (χ4n) is 4.26. The minimum absolute atomic E-state index is 0.208. The fraction of sp³-hybridized carbons (Fsp3) is 0.308. The highest BCUT2D eigenvalue weighted by Crippen LogP contribution is 2.27. The minimum Gasteiger partial charge on any atom is -0.367 e. The normalized spacial score (nSPS) is 15.8. The van der Waals surface area contributed by atoms with Gasteiger partial charge in [0.2, 0.25) is 10.0 Å². The average Bonchev–Trinajstić information content (AvgIpc) is 2.88. The van der Waals surface area contributed by atoms with Crippen molar-refractivity contribution in [3.63, 3.8) is 0 Å². The third-order valence-electron chi connectivity index (χ3n) is 6.24. The number of piperazine rings is 1. The van der Waals surface area contributed by atoms with Crippen LogP contribution in [-0.4, -0.2) is 71.6 Å². The predicted octanol–water partition coefficient (Wildman–Crippen LogP) is 3.48. The van der Waals surface area contributed by atoms with Crippen LogP contribution in [0.5, 0.6) is 0 Å². The lowest BCUT2D eigenvalue weighted by atomic mass is 10.0. The molecule has 0 radical (unpaired) electrons. The monoisotopic (exact) mass is 550 g/mol. The van der Waals surface area contributed by atoms with Gasteiger partial charge in [-0.3, -0.25) is 4.90 Å². The Morgan fingerprint density at radius 2 is 1.24 bits per heavy atom. The molecule has 0 spiro atoms. The third-order valence-corrected chi connectivity index (χ3v) is 9.48. The molecule has 198 valence electrons. The van der Waals surface area contributed by atoms with Gasteiger partial charge in [-0.1, -0.05) is 36.4 Å². The van der Waals surface area contributed by atoms with Gasteiger partial charge in [0.25, 0.3) is 0 Å². The van der Waals surface area contributed by atoms with E-state index in [1.165, 1.54) is 52.8 Å². The van der Waals surface area contributed by atoms with Crippen molar-refractivity contribution >= 4 is 19.9 Å². The van der Waals surface area contributed by atoms with Crippen molar-refractivity contribution in [2.24, 2.45) is 0 Å². The summed E-state index contributed by atoms with van der Waals surface area (Å²) >= 11 is 0. The Labute approximate surface area is 216 Å². The Morgan fingerprint density at radius 1 is 0.757 bits per heavy atom. The maximum atomic E-state index is 13.4. The Balaban J connectivity index is 1.38. The van der Waals surface area contributed by atoms with E-state index >= 15 is 0 Å². The van der Waals surface area contributed by atoms with Gasteiger partial charge < -0.3 is 4.74 Å². The first kappa shape index (κ1) is 27.3. The number of sulfone groups is 1. The van der Waals surface area contributed by atoms with Gasteiger partial charge in [0.05, 0.1) is 11.5 Å². The molecule has 11 heteroatoms. The van der Waals surface area contributed by atoms with E-state index in [0.29, 0.717) is 26.2 Å². The first-order valence-corrected chi connectivity index (χ1v) is 15.0. The molecular formula is C26H28F2N2O5S2. The number of hydrogen-bond acceptors (Lipinski definition) is 6. The predicted molar refractivity (Wildman–Crippen MR) is 135 cm³/mol. The topological polar surface area (TPSA) is 84.0 Å². The highest BCUT2D eigenvalue weighted by Gasteiger charge is 2.32. The summed E-state index contributed by atoms with van der Waals surface area (Å²) in [7, 11) is -7.69. The van der Waals surface area contributed by atoms with E-state index in [1.54, 1.807) is 24.3 Å². The Kier molecular flexibility index (Phi) is 8.39. The Hall–Kier alpha value is -2.70. The second kappa shape index (κ2) is 11.4. The molecule has 1 heterocycles. The third kappa shape index (κ3) is 6.60. The van der Waals surface area contributed by atoms with Crippen molar-refractivity contribution in [1.29, 1.82) is 0 Å². The number of benzene rings is 3. The minimum atomic E-state index is -3.98. The molecule has 0 atom stereocenters. The van der Waals surface area contributed by atoms with Crippen molar-refractivity contribution in [2.75, 3.05) is 45.6 Å². The number of sulfonamides is 1. The first-order valence-electron chi connectivity index (χ1n) is 11.7. The van der Waals surface area contributed by atoms with Crippen LogP contribution in [0.1, 0.15) is 17.2 Å². The number of halogens is 2. The molecule has 1 fully saturated rings. The molecule has 0 N–H and O–H groups in total. The van der Waals surface area contributed by atoms with Gasteiger partial charge in [-0.05, 0) is 47.5 Å². The molecule has 1 aliphatic heterocycles. The molecule has 7 nitrogen and oxygen atoms in total. The Morgan fingerprint density at radius 3 is 1.73 bits per heavy atom. The van der Waals surface area contributed by atoms with E-state index in [2.05, 4.69) is 4.90 Å². The molecule has 3 aromatic carbocycles. The van der Waals surface area contributed by atoms with Crippen molar-refractivity contribution in [3.8, 4) is 0 Å². The van der Waals surface area contributed by atoms with Crippen LogP contribution < -0.4 is 0 Å². The molecule has 3 aromatic rings. The highest BCUT2D eigenvalue weighted by atomic mass is 32.2. The SMILES string of the molecule is CS(=O)(=O)c1ccccc1S(=O)(=O)N1CCN(CCOC(c2ccc(F)cc2)c2ccc(F)cc2)CC1. The van der Waals surface area contributed by atoms with Gasteiger partial charge in [-0.25, -0.2) is 25.6 Å². The summed E-state index contributed by atoms with van der Waals surface area (Å²) in [4.78, 5) is 1.63. The zero-order valence-corrected chi connectivity index (χ0v) is 21.9. The van der Waals surface area contributed by atoms with Gasteiger partial charge in [-0.15, -0.1) is 0 Å². The molecule has 0 unspecified atom stereocenters. The number of nitrogens with zero attached hydrogens (tertiary/aromatic N) is 2. The van der Waals surface area contributed by atoms with E-state index in [-0.39, 0.29) is 34.5 Å². The van der Waals surface area contributed by atoms with Crippen LogP contribution in [0, 0.1) is 11.6 Å². The summed E-state index contributed by atoms with van der Waals surface area (Å²) in [6.45, 7) is 2.14. The summed E-state index contributed by atoms with van der Waals surface area (Å²) < 4.78 is 84.9. The van der Waals surface area contributed by atoms with E-state index in [9.17, 15) is 25.6 Å². The second-order valence-corrected chi connectivity index (χ2v) is 12.7. The van der Waals surface area contributed by atoms with Gasteiger partial charge in [0.1, 0.15) is 22.6 Å². The van der Waals surface area contributed by atoms with Crippen LogP contribution in [0.2, 0.25) is 0 Å². The molecule has 0 amide bonds. The van der Waals surface area contributed by atoms with Crippen LogP contribution >= 0.6 is 0 Å². The molecular weight excluding hydrogens is 522 g/mol. The molecule has 4 rings (SSSR count). The quantitative estimate of drug-likeness (QED) is 0.406. The Bertz CT molecular complexity index is 1380. The summed E-state index contributed by atoms with van der Waals surface area (Å²) in [5.41, 5.74) is 1.46. The molecule has 0 aromatic heterocycles. The summed E-state index contributed by atoms with van der Waals surface area (Å²) in [5, 5.41) is 0. The smallest absolute Gasteiger partial charge is 0.244 e. The summed E-state index contributed by atoms with van der Waals surface area (Å²) in [5.74, 6) is -0.734. The van der Waals surface area contributed by atoms with Crippen molar-refractivity contribution in [1.82, 2.24) is 9.21 Å². The molecule has 0 aliphatic carbocycles. The van der Waals surface area contributed by atoms with E-state index in [4.69, 9.17) is 4.74 Å².